The zero-order chi connectivity index (χ0) is 14.1. The Morgan fingerprint density at radius 2 is 1.89 bits per heavy atom. The van der Waals surface area contributed by atoms with E-state index in [1.54, 1.807) is 24.3 Å². The van der Waals surface area contributed by atoms with Crippen LogP contribution in [-0.2, 0) is 4.79 Å². The quantitative estimate of drug-likeness (QED) is 0.559. The van der Waals surface area contributed by atoms with Crippen LogP contribution in [0.25, 0.3) is 0 Å². The fourth-order valence-electron chi connectivity index (χ4n) is 1.60. The molecule has 0 aliphatic heterocycles. The molecule has 1 atom stereocenters. The number of amides is 2. The van der Waals surface area contributed by atoms with Crippen LogP contribution in [0.4, 0.5) is 10.5 Å². The van der Waals surface area contributed by atoms with E-state index in [9.17, 15) is 9.59 Å². The van der Waals surface area contributed by atoms with Crippen LogP contribution in [0.15, 0.2) is 30.3 Å². The van der Waals surface area contributed by atoms with E-state index in [-0.39, 0.29) is 0 Å². The van der Waals surface area contributed by atoms with Crippen molar-refractivity contribution in [2.45, 2.75) is 25.3 Å². The molecule has 0 aromatic heterocycles. The SMILES string of the molecule is NCCCCC(NC(=O)Nc1ccccc1)C(=O)O. The average Bonchev–Trinajstić information content (AvgIpc) is 2.38. The molecule has 0 saturated heterocycles. The molecule has 0 saturated carbocycles. The minimum Gasteiger partial charge on any atom is -0.480 e. The smallest absolute Gasteiger partial charge is 0.326 e. The van der Waals surface area contributed by atoms with Crippen LogP contribution in [-0.4, -0.2) is 29.7 Å². The Morgan fingerprint density at radius 1 is 1.21 bits per heavy atom. The maximum absolute atomic E-state index is 11.6. The Labute approximate surface area is 112 Å². The topological polar surface area (TPSA) is 104 Å². The molecule has 0 aliphatic carbocycles. The van der Waals surface area contributed by atoms with Crippen LogP contribution in [0.2, 0.25) is 0 Å². The predicted octanol–water partition coefficient (Wildman–Crippen LogP) is 1.39. The maximum atomic E-state index is 11.6. The van der Waals surface area contributed by atoms with E-state index in [4.69, 9.17) is 10.8 Å². The third-order valence-corrected chi connectivity index (χ3v) is 2.58. The first kappa shape index (κ1) is 15.0. The first-order valence-electron chi connectivity index (χ1n) is 6.19. The van der Waals surface area contributed by atoms with Crippen molar-refractivity contribution >= 4 is 17.7 Å². The molecule has 104 valence electrons. The highest BCUT2D eigenvalue weighted by atomic mass is 16.4. The number of aliphatic carboxylic acids is 1. The second kappa shape index (κ2) is 8.10. The minimum absolute atomic E-state index is 0.370. The average molecular weight is 265 g/mol. The van der Waals surface area contributed by atoms with Crippen LogP contribution in [0.1, 0.15) is 19.3 Å². The van der Waals surface area contributed by atoms with Gasteiger partial charge < -0.3 is 21.5 Å². The van der Waals surface area contributed by atoms with E-state index in [0.29, 0.717) is 25.1 Å². The molecule has 1 aromatic carbocycles. The van der Waals surface area contributed by atoms with Crippen molar-refractivity contribution < 1.29 is 14.7 Å². The van der Waals surface area contributed by atoms with Gasteiger partial charge in [0.15, 0.2) is 0 Å². The first-order chi connectivity index (χ1) is 9.13. The molecular formula is C13H19N3O3. The van der Waals surface area contributed by atoms with Crippen LogP contribution in [0.3, 0.4) is 0 Å². The van der Waals surface area contributed by atoms with E-state index in [0.717, 1.165) is 6.42 Å². The second-order valence-corrected chi connectivity index (χ2v) is 4.14. The van der Waals surface area contributed by atoms with E-state index in [2.05, 4.69) is 10.6 Å². The zero-order valence-electron chi connectivity index (χ0n) is 10.6. The summed E-state index contributed by atoms with van der Waals surface area (Å²) in [4.78, 5) is 22.7. The number of hydrogen-bond acceptors (Lipinski definition) is 3. The molecular weight excluding hydrogens is 246 g/mol. The summed E-state index contributed by atoms with van der Waals surface area (Å²) in [7, 11) is 0. The largest absolute Gasteiger partial charge is 0.480 e. The summed E-state index contributed by atoms with van der Waals surface area (Å²) in [6.45, 7) is 0.516. The van der Waals surface area contributed by atoms with Crippen molar-refractivity contribution in [3.8, 4) is 0 Å². The standard InChI is InChI=1S/C13H19N3O3/c14-9-5-4-8-11(12(17)18)16-13(19)15-10-6-2-1-3-7-10/h1-3,6-7,11H,4-5,8-9,14H2,(H,17,18)(H2,15,16,19). The van der Waals surface area contributed by atoms with Crippen molar-refractivity contribution in [2.75, 3.05) is 11.9 Å². The summed E-state index contributed by atoms with van der Waals surface area (Å²) >= 11 is 0. The first-order valence-corrected chi connectivity index (χ1v) is 6.19. The number of carbonyl (C=O) groups is 2. The van der Waals surface area contributed by atoms with Crippen molar-refractivity contribution in [2.24, 2.45) is 5.73 Å². The van der Waals surface area contributed by atoms with Gasteiger partial charge in [-0.15, -0.1) is 0 Å². The van der Waals surface area contributed by atoms with E-state index in [1.165, 1.54) is 0 Å². The number of nitrogens with one attached hydrogen (secondary N) is 2. The number of urea groups is 1. The highest BCUT2D eigenvalue weighted by Gasteiger charge is 2.19. The highest BCUT2D eigenvalue weighted by molar-refractivity contribution is 5.92. The summed E-state index contributed by atoms with van der Waals surface area (Å²) in [5, 5.41) is 14.0. The summed E-state index contributed by atoms with van der Waals surface area (Å²) in [6.07, 6.45) is 1.78. The minimum atomic E-state index is -1.04. The van der Waals surface area contributed by atoms with Crippen molar-refractivity contribution in [1.29, 1.82) is 0 Å². The van der Waals surface area contributed by atoms with Crippen LogP contribution < -0.4 is 16.4 Å². The Bertz CT molecular complexity index is 409. The summed E-state index contributed by atoms with van der Waals surface area (Å²) in [5.74, 6) is -1.04. The van der Waals surface area contributed by atoms with E-state index >= 15 is 0 Å². The number of hydrogen-bond donors (Lipinski definition) is 4. The second-order valence-electron chi connectivity index (χ2n) is 4.14. The van der Waals surface area contributed by atoms with Gasteiger partial charge in [0.1, 0.15) is 6.04 Å². The lowest BCUT2D eigenvalue weighted by atomic mass is 10.1. The molecule has 0 spiro atoms. The normalized spacial score (nSPS) is 11.6. The molecule has 2 amide bonds. The van der Waals surface area contributed by atoms with Gasteiger partial charge in [0.25, 0.3) is 0 Å². The number of carboxylic acids is 1. The van der Waals surface area contributed by atoms with Crippen molar-refractivity contribution in [3.63, 3.8) is 0 Å². The Morgan fingerprint density at radius 3 is 2.47 bits per heavy atom. The van der Waals surface area contributed by atoms with Gasteiger partial charge in [-0.1, -0.05) is 18.2 Å². The Kier molecular flexibility index (Phi) is 6.38. The van der Waals surface area contributed by atoms with E-state index < -0.39 is 18.0 Å². The molecule has 6 heteroatoms. The summed E-state index contributed by atoms with van der Waals surface area (Å²) in [5.41, 5.74) is 5.96. The van der Waals surface area contributed by atoms with Crippen LogP contribution >= 0.6 is 0 Å². The van der Waals surface area contributed by atoms with Gasteiger partial charge in [-0.3, -0.25) is 0 Å². The maximum Gasteiger partial charge on any atom is 0.326 e. The number of rotatable bonds is 7. The van der Waals surface area contributed by atoms with Gasteiger partial charge in [0.05, 0.1) is 0 Å². The fourth-order valence-corrected chi connectivity index (χ4v) is 1.60. The molecule has 0 fully saturated rings. The molecule has 19 heavy (non-hydrogen) atoms. The summed E-state index contributed by atoms with van der Waals surface area (Å²) < 4.78 is 0. The van der Waals surface area contributed by atoms with Gasteiger partial charge in [0.2, 0.25) is 0 Å². The molecule has 0 radical (unpaired) electrons. The van der Waals surface area contributed by atoms with Crippen LogP contribution in [0, 0.1) is 0 Å². The number of anilines is 1. The highest BCUT2D eigenvalue weighted by Crippen LogP contribution is 2.05. The predicted molar refractivity (Wildman–Crippen MR) is 72.9 cm³/mol. The van der Waals surface area contributed by atoms with Crippen molar-refractivity contribution in [3.05, 3.63) is 30.3 Å². The van der Waals surface area contributed by atoms with Crippen molar-refractivity contribution in [1.82, 2.24) is 5.32 Å². The fraction of sp³-hybridized carbons (Fsp3) is 0.385. The van der Waals surface area contributed by atoms with E-state index in [1.807, 2.05) is 6.07 Å². The van der Waals surface area contributed by atoms with Gasteiger partial charge >= 0.3 is 12.0 Å². The number of nitrogens with two attached hydrogens (primary N) is 1. The Hall–Kier alpha value is -2.08. The molecule has 0 heterocycles. The number of carboxylic acid groups (broad SMARTS) is 1. The molecule has 1 rings (SSSR count). The van der Waals surface area contributed by atoms with Gasteiger partial charge in [-0.05, 0) is 37.9 Å². The molecule has 5 N–H and O–H groups in total. The lowest BCUT2D eigenvalue weighted by Gasteiger charge is -2.14. The lowest BCUT2D eigenvalue weighted by Crippen LogP contribution is -2.43. The molecule has 1 aromatic rings. The van der Waals surface area contributed by atoms with Crippen LogP contribution in [0.5, 0.6) is 0 Å². The molecule has 6 nitrogen and oxygen atoms in total. The number of unbranched alkanes of at least 4 members (excludes halogenated alkanes) is 1. The number of carbonyl (C=O) groups excluding carboxylic acids is 1. The molecule has 0 bridgehead atoms. The van der Waals surface area contributed by atoms with Gasteiger partial charge in [-0.2, -0.15) is 0 Å². The zero-order valence-corrected chi connectivity index (χ0v) is 10.6. The summed E-state index contributed by atoms with van der Waals surface area (Å²) in [6, 6.07) is 7.43. The molecule has 1 unspecified atom stereocenters. The monoisotopic (exact) mass is 265 g/mol. The lowest BCUT2D eigenvalue weighted by molar-refractivity contribution is -0.139. The number of para-hydroxylation sites is 1. The van der Waals surface area contributed by atoms with Gasteiger partial charge in [-0.25, -0.2) is 9.59 Å². The number of benzene rings is 1. The molecule has 0 aliphatic rings. The van der Waals surface area contributed by atoms with Gasteiger partial charge in [0, 0.05) is 5.69 Å². The Balaban J connectivity index is 2.45. The third-order valence-electron chi connectivity index (χ3n) is 2.58. The third kappa shape index (κ3) is 5.87.